The van der Waals surface area contributed by atoms with Gasteiger partial charge < -0.3 is 9.47 Å². The Morgan fingerprint density at radius 1 is 0.963 bits per heavy atom. The van der Waals surface area contributed by atoms with E-state index in [1.807, 2.05) is 30.3 Å². The third-order valence-electron chi connectivity index (χ3n) is 3.94. The number of carbonyl (C=O) groups excluding carboxylic acids is 1. The van der Waals surface area contributed by atoms with Gasteiger partial charge in [-0.1, -0.05) is 23.7 Å². The molecular weight excluding hydrogens is 382 g/mol. The second kappa shape index (κ2) is 8.93. The summed E-state index contributed by atoms with van der Waals surface area (Å²) >= 11 is 7.50. The van der Waals surface area contributed by atoms with Crippen LogP contribution in [0.2, 0.25) is 5.02 Å². The molecule has 0 fully saturated rings. The van der Waals surface area contributed by atoms with Gasteiger partial charge in [-0.25, -0.2) is 4.98 Å². The summed E-state index contributed by atoms with van der Waals surface area (Å²) in [5.41, 5.74) is 2.21. The fourth-order valence-corrected chi connectivity index (χ4v) is 3.41. The Morgan fingerprint density at radius 3 is 2.30 bits per heavy atom. The number of ketones is 1. The second-order valence-electron chi connectivity index (χ2n) is 5.70. The lowest BCUT2D eigenvalue weighted by Gasteiger charge is -2.09. The largest absolute Gasteiger partial charge is 0.493 e. The van der Waals surface area contributed by atoms with Crippen LogP contribution < -0.4 is 9.47 Å². The van der Waals surface area contributed by atoms with Crippen LogP contribution in [0.4, 0.5) is 0 Å². The average Bonchev–Trinajstić information content (AvgIpc) is 2.72. The fourth-order valence-electron chi connectivity index (χ4n) is 2.48. The molecule has 0 atom stereocenters. The van der Waals surface area contributed by atoms with E-state index in [-0.39, 0.29) is 5.78 Å². The van der Waals surface area contributed by atoms with E-state index < -0.39 is 0 Å². The standard InChI is InChI=1S/C21H18ClNO3S/c1-25-18-9-5-15(11-19(18)26-2)21(24)16-6-10-20(23-12-16)27-13-14-3-7-17(22)8-4-14/h3-12H,13H2,1-2H3. The third-order valence-corrected chi connectivity index (χ3v) is 5.21. The predicted molar refractivity (Wildman–Crippen MR) is 108 cm³/mol. The van der Waals surface area contributed by atoms with Crippen molar-refractivity contribution >= 4 is 29.1 Å². The SMILES string of the molecule is COc1ccc(C(=O)c2ccc(SCc3ccc(Cl)cc3)nc2)cc1OC. The highest BCUT2D eigenvalue weighted by atomic mass is 35.5. The molecule has 1 heterocycles. The monoisotopic (exact) mass is 399 g/mol. The van der Waals surface area contributed by atoms with E-state index in [4.69, 9.17) is 21.1 Å². The number of ether oxygens (including phenoxy) is 2. The van der Waals surface area contributed by atoms with Gasteiger partial charge in [0.2, 0.25) is 0 Å². The van der Waals surface area contributed by atoms with E-state index >= 15 is 0 Å². The number of thioether (sulfide) groups is 1. The highest BCUT2D eigenvalue weighted by Gasteiger charge is 2.13. The minimum Gasteiger partial charge on any atom is -0.493 e. The summed E-state index contributed by atoms with van der Waals surface area (Å²) in [6, 6.07) is 16.5. The van der Waals surface area contributed by atoms with Crippen molar-refractivity contribution in [3.05, 3.63) is 82.5 Å². The van der Waals surface area contributed by atoms with E-state index in [0.29, 0.717) is 22.6 Å². The van der Waals surface area contributed by atoms with Gasteiger partial charge in [0.05, 0.1) is 19.2 Å². The second-order valence-corrected chi connectivity index (χ2v) is 7.13. The Balaban J connectivity index is 1.69. The number of aromatic nitrogens is 1. The minimum absolute atomic E-state index is 0.113. The lowest BCUT2D eigenvalue weighted by atomic mass is 10.0. The van der Waals surface area contributed by atoms with Gasteiger partial charge in [0.25, 0.3) is 0 Å². The molecule has 138 valence electrons. The maximum atomic E-state index is 12.7. The Hall–Kier alpha value is -2.50. The number of carbonyl (C=O) groups is 1. The van der Waals surface area contributed by atoms with Gasteiger partial charge in [0, 0.05) is 28.1 Å². The van der Waals surface area contributed by atoms with Crippen molar-refractivity contribution < 1.29 is 14.3 Å². The highest BCUT2D eigenvalue weighted by Crippen LogP contribution is 2.29. The molecule has 0 unspecified atom stereocenters. The van der Waals surface area contributed by atoms with Crippen molar-refractivity contribution in [2.75, 3.05) is 14.2 Å². The molecule has 3 aromatic rings. The minimum atomic E-state index is -0.113. The molecule has 0 bridgehead atoms. The van der Waals surface area contributed by atoms with E-state index in [1.54, 1.807) is 56.4 Å². The molecule has 0 radical (unpaired) electrons. The number of hydrogen-bond donors (Lipinski definition) is 0. The van der Waals surface area contributed by atoms with E-state index in [2.05, 4.69) is 4.98 Å². The van der Waals surface area contributed by atoms with E-state index in [1.165, 1.54) is 0 Å². The molecule has 3 rings (SSSR count). The maximum absolute atomic E-state index is 12.7. The van der Waals surface area contributed by atoms with E-state index in [0.717, 1.165) is 21.4 Å². The number of methoxy groups -OCH3 is 2. The summed E-state index contributed by atoms with van der Waals surface area (Å²) in [4.78, 5) is 17.1. The Bertz CT molecular complexity index is 927. The van der Waals surface area contributed by atoms with Gasteiger partial charge >= 0.3 is 0 Å². The van der Waals surface area contributed by atoms with Crippen LogP contribution in [0.1, 0.15) is 21.5 Å². The van der Waals surface area contributed by atoms with Gasteiger partial charge in [-0.2, -0.15) is 0 Å². The molecule has 6 heteroatoms. The Kier molecular flexibility index (Phi) is 6.37. The third kappa shape index (κ3) is 4.81. The number of pyridine rings is 1. The van der Waals surface area contributed by atoms with Crippen LogP contribution >= 0.6 is 23.4 Å². The maximum Gasteiger partial charge on any atom is 0.194 e. The van der Waals surface area contributed by atoms with Crippen LogP contribution in [0.15, 0.2) is 65.8 Å². The molecule has 27 heavy (non-hydrogen) atoms. The molecule has 0 saturated heterocycles. The summed E-state index contributed by atoms with van der Waals surface area (Å²) in [7, 11) is 3.10. The van der Waals surface area contributed by atoms with Crippen molar-refractivity contribution in [3.63, 3.8) is 0 Å². The van der Waals surface area contributed by atoms with Crippen molar-refractivity contribution in [1.29, 1.82) is 0 Å². The van der Waals surface area contributed by atoms with Crippen LogP contribution in [-0.4, -0.2) is 25.0 Å². The summed E-state index contributed by atoms with van der Waals surface area (Å²) in [6.45, 7) is 0. The van der Waals surface area contributed by atoms with Crippen LogP contribution in [0.25, 0.3) is 0 Å². The smallest absolute Gasteiger partial charge is 0.194 e. The number of benzene rings is 2. The zero-order valence-corrected chi connectivity index (χ0v) is 16.5. The van der Waals surface area contributed by atoms with Gasteiger partial charge in [0.1, 0.15) is 0 Å². The van der Waals surface area contributed by atoms with Gasteiger partial charge in [-0.05, 0) is 48.0 Å². The molecule has 1 aromatic heterocycles. The quantitative estimate of drug-likeness (QED) is 0.400. The number of hydrogen-bond acceptors (Lipinski definition) is 5. The predicted octanol–water partition coefficient (Wildman–Crippen LogP) is 5.28. The first-order valence-electron chi connectivity index (χ1n) is 8.20. The topological polar surface area (TPSA) is 48.4 Å². The zero-order valence-electron chi connectivity index (χ0n) is 14.9. The van der Waals surface area contributed by atoms with Gasteiger partial charge in [-0.15, -0.1) is 11.8 Å². The molecule has 4 nitrogen and oxygen atoms in total. The number of halogens is 1. The molecule has 0 N–H and O–H groups in total. The molecule has 0 saturated carbocycles. The molecule has 0 aliphatic heterocycles. The molecule has 0 aliphatic rings. The summed E-state index contributed by atoms with van der Waals surface area (Å²) in [5, 5.41) is 1.58. The van der Waals surface area contributed by atoms with Crippen molar-refractivity contribution in [2.24, 2.45) is 0 Å². The van der Waals surface area contributed by atoms with Gasteiger partial charge in [-0.3, -0.25) is 4.79 Å². The average molecular weight is 400 g/mol. The summed E-state index contributed by atoms with van der Waals surface area (Å²) < 4.78 is 10.5. The molecule has 0 amide bonds. The van der Waals surface area contributed by atoms with Crippen molar-refractivity contribution in [2.45, 2.75) is 10.8 Å². The number of rotatable bonds is 7. The van der Waals surface area contributed by atoms with Crippen molar-refractivity contribution in [3.8, 4) is 11.5 Å². The molecule has 0 spiro atoms. The Labute approximate surface area is 167 Å². The first-order valence-corrected chi connectivity index (χ1v) is 9.57. The van der Waals surface area contributed by atoms with Crippen molar-refractivity contribution in [1.82, 2.24) is 4.98 Å². The summed E-state index contributed by atoms with van der Waals surface area (Å²) in [6.07, 6.45) is 1.60. The molecule has 2 aromatic carbocycles. The highest BCUT2D eigenvalue weighted by molar-refractivity contribution is 7.98. The van der Waals surface area contributed by atoms with Crippen LogP contribution in [0.5, 0.6) is 11.5 Å². The zero-order chi connectivity index (χ0) is 19.2. The van der Waals surface area contributed by atoms with Crippen LogP contribution in [0, 0.1) is 0 Å². The van der Waals surface area contributed by atoms with Crippen LogP contribution in [-0.2, 0) is 5.75 Å². The first-order chi connectivity index (χ1) is 13.1. The molecular formula is C21H18ClNO3S. The van der Waals surface area contributed by atoms with E-state index in [9.17, 15) is 4.79 Å². The fraction of sp³-hybridized carbons (Fsp3) is 0.143. The lowest BCUT2D eigenvalue weighted by molar-refractivity contribution is 0.103. The first kappa shape index (κ1) is 19.3. The lowest BCUT2D eigenvalue weighted by Crippen LogP contribution is -2.03. The normalized spacial score (nSPS) is 10.5. The summed E-state index contributed by atoms with van der Waals surface area (Å²) in [5.74, 6) is 1.78. The molecule has 0 aliphatic carbocycles. The number of nitrogens with zero attached hydrogens (tertiary/aromatic N) is 1. The Morgan fingerprint density at radius 2 is 1.67 bits per heavy atom. The van der Waals surface area contributed by atoms with Crippen LogP contribution in [0.3, 0.4) is 0 Å². The van der Waals surface area contributed by atoms with Gasteiger partial charge in [0.15, 0.2) is 17.3 Å².